The topological polar surface area (TPSA) is 119 Å². The highest BCUT2D eigenvalue weighted by Gasteiger charge is 2.32. The Bertz CT molecular complexity index is 1600. The van der Waals surface area contributed by atoms with Gasteiger partial charge in [-0.1, -0.05) is 18.2 Å². The molecule has 0 spiro atoms. The third-order valence-electron chi connectivity index (χ3n) is 6.19. The zero-order valence-corrected chi connectivity index (χ0v) is 21.3. The quantitative estimate of drug-likeness (QED) is 0.289. The number of hydrogen-bond acceptors (Lipinski definition) is 7. The van der Waals surface area contributed by atoms with Crippen molar-refractivity contribution in [1.29, 1.82) is 0 Å². The minimum Gasteiger partial charge on any atom is -0.335 e. The first-order chi connectivity index (χ1) is 17.1. The van der Waals surface area contributed by atoms with Gasteiger partial charge in [0.2, 0.25) is 10.0 Å². The van der Waals surface area contributed by atoms with E-state index in [1.807, 2.05) is 48.9 Å². The normalized spacial score (nSPS) is 14.9. The van der Waals surface area contributed by atoms with Gasteiger partial charge in [-0.05, 0) is 43.7 Å². The van der Waals surface area contributed by atoms with Gasteiger partial charge in [0.05, 0.1) is 26.1 Å². The molecule has 4 aromatic rings. The molecule has 10 nitrogen and oxygen atoms in total. The average molecular weight is 526 g/mol. The summed E-state index contributed by atoms with van der Waals surface area (Å²) in [6.45, 7) is 4.59. The van der Waals surface area contributed by atoms with Crippen LogP contribution < -0.4 is 0 Å². The Kier molecular flexibility index (Phi) is 6.10. The number of thiophene rings is 1. The Labute approximate surface area is 211 Å². The molecule has 1 fully saturated rings. The number of carbonyl (C=O) groups excluding carboxylic acids is 1. The Morgan fingerprint density at radius 2 is 1.75 bits per heavy atom. The number of carbonyl (C=O) groups is 1. The number of aryl methyl sites for hydroxylation is 2. The van der Waals surface area contributed by atoms with Gasteiger partial charge in [-0.15, -0.1) is 11.3 Å². The number of non-ortho nitro benzene ring substituents is 1. The van der Waals surface area contributed by atoms with Crippen LogP contribution >= 0.6 is 11.3 Å². The highest BCUT2D eigenvalue weighted by atomic mass is 32.2. The number of sulfonamides is 1. The summed E-state index contributed by atoms with van der Waals surface area (Å²) in [5, 5.41) is 16.6. The second kappa shape index (κ2) is 9.12. The Morgan fingerprint density at radius 3 is 2.44 bits per heavy atom. The summed E-state index contributed by atoms with van der Waals surface area (Å²) < 4.78 is 29.1. The van der Waals surface area contributed by atoms with E-state index in [1.54, 1.807) is 4.90 Å². The predicted molar refractivity (Wildman–Crippen MR) is 136 cm³/mol. The van der Waals surface area contributed by atoms with E-state index in [-0.39, 0.29) is 42.7 Å². The molecule has 0 unspecified atom stereocenters. The molecule has 1 aliphatic rings. The molecule has 1 aliphatic heterocycles. The second-order valence-corrected chi connectivity index (χ2v) is 11.6. The number of nitro groups is 1. The second-order valence-electron chi connectivity index (χ2n) is 8.62. The summed E-state index contributed by atoms with van der Waals surface area (Å²) in [4.78, 5) is 26.7. The number of amides is 1. The fourth-order valence-corrected chi connectivity index (χ4v) is 6.89. The van der Waals surface area contributed by atoms with E-state index in [4.69, 9.17) is 0 Å². The summed E-state index contributed by atoms with van der Waals surface area (Å²) in [6.07, 6.45) is 0. The predicted octanol–water partition coefficient (Wildman–Crippen LogP) is 3.76. The van der Waals surface area contributed by atoms with Crippen molar-refractivity contribution < 1.29 is 18.1 Å². The van der Waals surface area contributed by atoms with Crippen LogP contribution in [0.3, 0.4) is 0 Å². The third kappa shape index (κ3) is 4.27. The molecule has 0 bridgehead atoms. The highest BCUT2D eigenvalue weighted by Crippen LogP contribution is 2.32. The first kappa shape index (κ1) is 24.1. The number of benzene rings is 2. The lowest BCUT2D eigenvalue weighted by molar-refractivity contribution is -0.385. The van der Waals surface area contributed by atoms with Crippen LogP contribution in [0.15, 0.2) is 59.5 Å². The maximum Gasteiger partial charge on any atom is 0.270 e. The van der Waals surface area contributed by atoms with Crippen LogP contribution in [-0.4, -0.2) is 64.4 Å². The summed E-state index contributed by atoms with van der Waals surface area (Å²) in [7, 11) is -3.91. The molecule has 0 radical (unpaired) electrons. The summed E-state index contributed by atoms with van der Waals surface area (Å²) in [6, 6.07) is 14.8. The molecular weight excluding hydrogens is 502 g/mol. The Balaban J connectivity index is 1.34. The van der Waals surface area contributed by atoms with Crippen molar-refractivity contribution in [1.82, 2.24) is 19.0 Å². The largest absolute Gasteiger partial charge is 0.335 e. The maximum absolute atomic E-state index is 13.3. The number of piperazine rings is 1. The van der Waals surface area contributed by atoms with Crippen molar-refractivity contribution in [3.63, 3.8) is 0 Å². The lowest BCUT2D eigenvalue weighted by atomic mass is 10.2. The van der Waals surface area contributed by atoms with Crippen molar-refractivity contribution >= 4 is 43.2 Å². The number of nitro benzene ring substituents is 1. The molecule has 12 heteroatoms. The van der Waals surface area contributed by atoms with E-state index in [0.717, 1.165) is 33.2 Å². The van der Waals surface area contributed by atoms with Crippen LogP contribution in [0.5, 0.6) is 0 Å². The van der Waals surface area contributed by atoms with Gasteiger partial charge in [0.1, 0.15) is 4.83 Å². The van der Waals surface area contributed by atoms with Crippen molar-refractivity contribution in [2.45, 2.75) is 18.7 Å². The highest BCUT2D eigenvalue weighted by molar-refractivity contribution is 7.89. The molecule has 0 atom stereocenters. The van der Waals surface area contributed by atoms with Crippen LogP contribution in [0.2, 0.25) is 0 Å². The third-order valence-corrected chi connectivity index (χ3v) is 9.19. The van der Waals surface area contributed by atoms with Gasteiger partial charge in [0.15, 0.2) is 0 Å². The minimum atomic E-state index is -3.91. The van der Waals surface area contributed by atoms with Crippen LogP contribution in [0.25, 0.3) is 15.9 Å². The fourth-order valence-electron chi connectivity index (χ4n) is 4.28. The SMILES string of the molecule is Cc1cccc(-n2nc(C)c3cc(C(=O)N4CCN(S(=O)(=O)c5cccc([N+](=O)[O-])c5)CC4)sc32)c1. The standard InChI is InChI=1S/C24H23N5O5S2/c1-16-5-3-6-18(13-16)28-24-21(17(2)25-28)15-22(35-24)23(30)26-9-11-27(12-10-26)36(33,34)20-8-4-7-19(14-20)29(31)32/h3-8,13-15H,9-12H2,1-2H3. The van der Waals surface area contributed by atoms with Gasteiger partial charge >= 0.3 is 0 Å². The van der Waals surface area contributed by atoms with E-state index in [9.17, 15) is 23.3 Å². The summed E-state index contributed by atoms with van der Waals surface area (Å²) in [5.74, 6) is -0.154. The van der Waals surface area contributed by atoms with E-state index in [1.165, 1.54) is 33.8 Å². The van der Waals surface area contributed by atoms with Gasteiger partial charge in [-0.2, -0.15) is 9.40 Å². The van der Waals surface area contributed by atoms with Crippen LogP contribution in [0.4, 0.5) is 5.69 Å². The van der Waals surface area contributed by atoms with Crippen LogP contribution in [0.1, 0.15) is 20.9 Å². The number of hydrogen-bond donors (Lipinski definition) is 0. The van der Waals surface area contributed by atoms with Crippen molar-refractivity contribution in [2.24, 2.45) is 0 Å². The number of aromatic nitrogens is 2. The van der Waals surface area contributed by atoms with E-state index < -0.39 is 14.9 Å². The zero-order valence-electron chi connectivity index (χ0n) is 19.6. The smallest absolute Gasteiger partial charge is 0.270 e. The van der Waals surface area contributed by atoms with Gasteiger partial charge in [0, 0.05) is 43.7 Å². The Hall–Kier alpha value is -3.61. The number of fused-ring (bicyclic) bond motifs is 1. The molecule has 36 heavy (non-hydrogen) atoms. The van der Waals surface area contributed by atoms with Gasteiger partial charge in [-0.3, -0.25) is 14.9 Å². The van der Waals surface area contributed by atoms with Crippen LogP contribution in [0, 0.1) is 24.0 Å². The minimum absolute atomic E-state index is 0.109. The van der Waals surface area contributed by atoms with Gasteiger partial charge in [-0.25, -0.2) is 13.1 Å². The molecule has 0 N–H and O–H groups in total. The molecule has 1 amide bonds. The maximum atomic E-state index is 13.3. The molecule has 2 aromatic carbocycles. The summed E-state index contributed by atoms with van der Waals surface area (Å²) in [5.41, 5.74) is 2.58. The molecule has 0 aliphatic carbocycles. The average Bonchev–Trinajstić information content (AvgIpc) is 3.44. The molecule has 5 rings (SSSR count). The molecule has 3 heterocycles. The van der Waals surface area contributed by atoms with Crippen molar-refractivity contribution in [3.05, 3.63) is 80.8 Å². The van der Waals surface area contributed by atoms with Gasteiger partial charge < -0.3 is 4.90 Å². The Morgan fingerprint density at radius 1 is 1.03 bits per heavy atom. The van der Waals surface area contributed by atoms with Gasteiger partial charge in [0.25, 0.3) is 11.6 Å². The van der Waals surface area contributed by atoms with E-state index in [2.05, 4.69) is 5.10 Å². The number of nitrogens with zero attached hydrogens (tertiary/aromatic N) is 5. The number of rotatable bonds is 5. The fraction of sp³-hybridized carbons (Fsp3) is 0.250. The summed E-state index contributed by atoms with van der Waals surface area (Å²) >= 11 is 1.37. The zero-order chi connectivity index (χ0) is 25.6. The molecule has 0 saturated carbocycles. The monoisotopic (exact) mass is 525 g/mol. The molecule has 2 aromatic heterocycles. The lowest BCUT2D eigenvalue weighted by Gasteiger charge is -2.33. The molecule has 186 valence electrons. The van der Waals surface area contributed by atoms with Crippen LogP contribution in [-0.2, 0) is 10.0 Å². The molecule has 1 saturated heterocycles. The first-order valence-corrected chi connectivity index (χ1v) is 13.5. The van der Waals surface area contributed by atoms with Crippen molar-refractivity contribution in [3.8, 4) is 5.69 Å². The van der Waals surface area contributed by atoms with E-state index >= 15 is 0 Å². The van der Waals surface area contributed by atoms with Crippen molar-refractivity contribution in [2.75, 3.05) is 26.2 Å². The lowest BCUT2D eigenvalue weighted by Crippen LogP contribution is -2.50. The van der Waals surface area contributed by atoms with E-state index in [0.29, 0.717) is 4.88 Å². The first-order valence-electron chi connectivity index (χ1n) is 11.3. The molecular formula is C24H23N5O5S2.